The van der Waals surface area contributed by atoms with Crippen molar-refractivity contribution >= 4 is 5.91 Å². The van der Waals surface area contributed by atoms with Crippen LogP contribution in [-0.2, 0) is 13.5 Å². The van der Waals surface area contributed by atoms with E-state index in [1.54, 1.807) is 43.1 Å². The first-order valence-electron chi connectivity index (χ1n) is 8.68. The number of likely N-dealkylation sites (tertiary alicyclic amines) is 1. The number of carbonyl (C=O) groups excluding carboxylic acids is 1. The van der Waals surface area contributed by atoms with Crippen LogP contribution in [0.2, 0.25) is 0 Å². The molecule has 0 N–H and O–H groups in total. The van der Waals surface area contributed by atoms with Gasteiger partial charge in [0.2, 0.25) is 0 Å². The van der Waals surface area contributed by atoms with E-state index < -0.39 is 0 Å². The van der Waals surface area contributed by atoms with Gasteiger partial charge in [0, 0.05) is 56.7 Å². The number of imidazole rings is 1. The molecule has 1 atom stereocenters. The molecule has 1 saturated heterocycles. The lowest BCUT2D eigenvalue weighted by atomic mass is 10.0. The molecule has 1 fully saturated rings. The minimum absolute atomic E-state index is 0.0720. The van der Waals surface area contributed by atoms with Crippen molar-refractivity contribution in [3.8, 4) is 11.5 Å². The Kier molecular flexibility index (Phi) is 4.43. The largest absolute Gasteiger partial charge is 0.338 e. The molecule has 1 aliphatic heterocycles. The van der Waals surface area contributed by atoms with Crippen LogP contribution in [0.5, 0.6) is 0 Å². The van der Waals surface area contributed by atoms with E-state index in [1.165, 1.54) is 0 Å². The molecule has 1 aliphatic rings. The van der Waals surface area contributed by atoms with E-state index in [9.17, 15) is 4.79 Å². The fraction of sp³-hybridized carbons (Fsp3) is 0.316. The predicted molar refractivity (Wildman–Crippen MR) is 96.2 cm³/mol. The molecule has 132 valence electrons. The van der Waals surface area contributed by atoms with Crippen molar-refractivity contribution in [2.45, 2.75) is 12.8 Å². The van der Waals surface area contributed by atoms with Crippen molar-refractivity contribution in [3.63, 3.8) is 0 Å². The van der Waals surface area contributed by atoms with Crippen molar-refractivity contribution in [1.29, 1.82) is 0 Å². The van der Waals surface area contributed by atoms with Crippen LogP contribution < -0.4 is 0 Å². The number of aromatic nitrogens is 5. The predicted octanol–water partition coefficient (Wildman–Crippen LogP) is 1.98. The quantitative estimate of drug-likeness (QED) is 0.720. The molecule has 4 rings (SSSR count). The van der Waals surface area contributed by atoms with E-state index in [4.69, 9.17) is 4.98 Å². The molecule has 0 unspecified atom stereocenters. The fourth-order valence-corrected chi connectivity index (χ4v) is 3.38. The maximum Gasteiger partial charge on any atom is 0.253 e. The summed E-state index contributed by atoms with van der Waals surface area (Å²) in [6.07, 6.45) is 12.3. The van der Waals surface area contributed by atoms with Crippen LogP contribution in [0.4, 0.5) is 0 Å². The highest BCUT2D eigenvalue weighted by molar-refractivity contribution is 5.94. The van der Waals surface area contributed by atoms with Gasteiger partial charge in [-0.3, -0.25) is 14.8 Å². The second kappa shape index (κ2) is 7.03. The molecule has 1 amide bonds. The van der Waals surface area contributed by atoms with Gasteiger partial charge in [0.25, 0.3) is 5.91 Å². The normalized spacial score (nSPS) is 16.8. The Morgan fingerprint density at radius 2 is 2.04 bits per heavy atom. The lowest BCUT2D eigenvalue weighted by Crippen LogP contribution is -2.29. The molecule has 4 heterocycles. The topological polar surface area (TPSA) is 76.8 Å². The maximum atomic E-state index is 12.6. The molecular formula is C19H20N6O. The first-order chi connectivity index (χ1) is 12.7. The summed E-state index contributed by atoms with van der Waals surface area (Å²) >= 11 is 0. The molecule has 7 heteroatoms. The Morgan fingerprint density at radius 1 is 1.19 bits per heavy atom. The molecular weight excluding hydrogens is 328 g/mol. The van der Waals surface area contributed by atoms with E-state index >= 15 is 0 Å². The van der Waals surface area contributed by atoms with Gasteiger partial charge in [-0.05, 0) is 30.9 Å². The van der Waals surface area contributed by atoms with Crippen LogP contribution >= 0.6 is 0 Å². The van der Waals surface area contributed by atoms with Crippen LogP contribution in [0.1, 0.15) is 22.5 Å². The van der Waals surface area contributed by atoms with Gasteiger partial charge in [0.05, 0.1) is 11.9 Å². The third kappa shape index (κ3) is 3.33. The smallest absolute Gasteiger partial charge is 0.253 e. The summed E-state index contributed by atoms with van der Waals surface area (Å²) in [4.78, 5) is 31.8. The summed E-state index contributed by atoms with van der Waals surface area (Å²) in [6, 6.07) is 3.52. The summed E-state index contributed by atoms with van der Waals surface area (Å²) in [7, 11) is 1.94. The van der Waals surface area contributed by atoms with Gasteiger partial charge in [-0.1, -0.05) is 0 Å². The summed E-state index contributed by atoms with van der Waals surface area (Å²) in [6.45, 7) is 1.52. The molecule has 7 nitrogen and oxygen atoms in total. The van der Waals surface area contributed by atoms with Gasteiger partial charge < -0.3 is 9.47 Å². The molecule has 0 spiro atoms. The van der Waals surface area contributed by atoms with Gasteiger partial charge in [-0.25, -0.2) is 9.97 Å². The molecule has 0 aliphatic carbocycles. The highest BCUT2D eigenvalue weighted by atomic mass is 16.2. The molecule has 3 aromatic rings. The first kappa shape index (κ1) is 16.4. The Morgan fingerprint density at radius 3 is 2.81 bits per heavy atom. The van der Waals surface area contributed by atoms with Crippen molar-refractivity contribution in [2.24, 2.45) is 13.0 Å². The molecule has 0 aromatic carbocycles. The highest BCUT2D eigenvalue weighted by Gasteiger charge is 2.27. The highest BCUT2D eigenvalue weighted by Crippen LogP contribution is 2.22. The number of nitrogens with zero attached hydrogens (tertiary/aromatic N) is 6. The average molecular weight is 348 g/mol. The second-order valence-electron chi connectivity index (χ2n) is 6.60. The summed E-state index contributed by atoms with van der Waals surface area (Å²) in [5.74, 6) is 1.27. The van der Waals surface area contributed by atoms with Crippen molar-refractivity contribution < 1.29 is 4.79 Å². The number of rotatable bonds is 4. The van der Waals surface area contributed by atoms with Crippen LogP contribution in [0.3, 0.4) is 0 Å². The average Bonchev–Trinajstić information content (AvgIpc) is 3.31. The Hall–Kier alpha value is -3.09. The number of hydrogen-bond acceptors (Lipinski definition) is 5. The number of hydrogen-bond donors (Lipinski definition) is 0. The van der Waals surface area contributed by atoms with Crippen molar-refractivity contribution in [1.82, 2.24) is 29.4 Å². The lowest BCUT2D eigenvalue weighted by Gasteiger charge is -2.16. The minimum atomic E-state index is 0.0720. The van der Waals surface area contributed by atoms with E-state index in [1.807, 2.05) is 22.7 Å². The number of amides is 1. The SMILES string of the molecule is Cn1ccnc1-c1cncc(C[C@H]2CCN(C(=O)c3ccncc3)C2)n1. The lowest BCUT2D eigenvalue weighted by molar-refractivity contribution is 0.0787. The van der Waals surface area contributed by atoms with Gasteiger partial charge in [-0.15, -0.1) is 0 Å². The zero-order valence-electron chi connectivity index (χ0n) is 14.6. The van der Waals surface area contributed by atoms with E-state index in [0.717, 1.165) is 43.1 Å². The third-order valence-electron chi connectivity index (χ3n) is 4.73. The van der Waals surface area contributed by atoms with E-state index in [0.29, 0.717) is 11.5 Å². The zero-order valence-corrected chi connectivity index (χ0v) is 14.6. The number of aryl methyl sites for hydroxylation is 1. The first-order valence-corrected chi connectivity index (χ1v) is 8.68. The van der Waals surface area contributed by atoms with E-state index in [2.05, 4.69) is 15.0 Å². The molecule has 3 aromatic heterocycles. The van der Waals surface area contributed by atoms with Crippen LogP contribution in [0.15, 0.2) is 49.3 Å². The summed E-state index contributed by atoms with van der Waals surface area (Å²) < 4.78 is 1.93. The summed E-state index contributed by atoms with van der Waals surface area (Å²) in [5, 5.41) is 0. The Balaban J connectivity index is 1.43. The monoisotopic (exact) mass is 348 g/mol. The van der Waals surface area contributed by atoms with Gasteiger partial charge >= 0.3 is 0 Å². The van der Waals surface area contributed by atoms with Crippen LogP contribution in [-0.4, -0.2) is 48.4 Å². The molecule has 0 bridgehead atoms. The standard InChI is InChI=1S/C19H20N6O/c1-24-9-7-22-18(24)17-12-21-11-16(23-17)10-14-4-8-25(13-14)19(26)15-2-5-20-6-3-15/h2-3,5-7,9,11-12,14H,4,8,10,13H2,1H3/t14-/m1/s1. The zero-order chi connectivity index (χ0) is 17.9. The van der Waals surface area contributed by atoms with Gasteiger partial charge in [-0.2, -0.15) is 0 Å². The van der Waals surface area contributed by atoms with Gasteiger partial charge in [0.1, 0.15) is 5.69 Å². The molecule has 0 radical (unpaired) electrons. The van der Waals surface area contributed by atoms with E-state index in [-0.39, 0.29) is 5.91 Å². The van der Waals surface area contributed by atoms with Crippen molar-refractivity contribution in [3.05, 3.63) is 60.6 Å². The Bertz CT molecular complexity index is 907. The maximum absolute atomic E-state index is 12.6. The van der Waals surface area contributed by atoms with Crippen LogP contribution in [0, 0.1) is 5.92 Å². The number of pyridine rings is 1. The Labute approximate surface area is 151 Å². The third-order valence-corrected chi connectivity index (χ3v) is 4.73. The van der Waals surface area contributed by atoms with Crippen molar-refractivity contribution in [2.75, 3.05) is 13.1 Å². The minimum Gasteiger partial charge on any atom is -0.338 e. The van der Waals surface area contributed by atoms with Gasteiger partial charge in [0.15, 0.2) is 5.82 Å². The van der Waals surface area contributed by atoms with Crippen LogP contribution in [0.25, 0.3) is 11.5 Å². The summed E-state index contributed by atoms with van der Waals surface area (Å²) in [5.41, 5.74) is 2.41. The second-order valence-corrected chi connectivity index (χ2v) is 6.60. The fourth-order valence-electron chi connectivity index (χ4n) is 3.38. The molecule has 26 heavy (non-hydrogen) atoms. The number of carbonyl (C=O) groups is 1. The molecule has 0 saturated carbocycles.